The molecule has 0 saturated carbocycles. The van der Waals surface area contributed by atoms with Crippen LogP contribution in [0.1, 0.15) is 64.8 Å². The Bertz CT molecular complexity index is 1240. The lowest BCUT2D eigenvalue weighted by molar-refractivity contribution is -0.0256. The maximum absolute atomic E-state index is 13.8. The Morgan fingerprint density at radius 1 is 1.17 bits per heavy atom. The van der Waals surface area contributed by atoms with E-state index in [1.54, 1.807) is 7.11 Å². The van der Waals surface area contributed by atoms with E-state index >= 15 is 0 Å². The van der Waals surface area contributed by atoms with Gasteiger partial charge in [0, 0.05) is 49.2 Å². The number of carbonyl (C=O) groups is 1. The molecular formula is C29H38N4O3. The van der Waals surface area contributed by atoms with E-state index in [0.29, 0.717) is 18.0 Å². The predicted molar refractivity (Wildman–Crippen MR) is 138 cm³/mol. The van der Waals surface area contributed by atoms with E-state index < -0.39 is 0 Å². The zero-order valence-electron chi connectivity index (χ0n) is 22.2. The Balaban J connectivity index is 1.31. The molecule has 2 aromatic rings. The van der Waals surface area contributed by atoms with Gasteiger partial charge in [0.1, 0.15) is 11.8 Å². The summed E-state index contributed by atoms with van der Waals surface area (Å²) in [6.07, 6.45) is 3.03. The molecule has 3 aliphatic heterocycles. The summed E-state index contributed by atoms with van der Waals surface area (Å²) in [7, 11) is 4.02. The molecule has 2 bridgehead atoms. The zero-order valence-corrected chi connectivity index (χ0v) is 22.2. The van der Waals surface area contributed by atoms with Gasteiger partial charge in [-0.05, 0) is 82.3 Å². The molecule has 1 aromatic carbocycles. The summed E-state index contributed by atoms with van der Waals surface area (Å²) >= 11 is 0. The number of aromatic nitrogens is 1. The van der Waals surface area contributed by atoms with Crippen LogP contribution in [0.2, 0.25) is 0 Å². The fourth-order valence-corrected chi connectivity index (χ4v) is 8.25. The van der Waals surface area contributed by atoms with Crippen molar-refractivity contribution >= 4 is 5.91 Å². The van der Waals surface area contributed by atoms with Crippen LogP contribution >= 0.6 is 0 Å². The number of H-pyrrole nitrogens is 1. The third-order valence-electron chi connectivity index (χ3n) is 10.2. The van der Waals surface area contributed by atoms with Crippen molar-refractivity contribution in [3.8, 4) is 11.5 Å². The molecule has 7 nitrogen and oxygen atoms in total. The van der Waals surface area contributed by atoms with Crippen molar-refractivity contribution in [2.45, 2.75) is 63.6 Å². The van der Waals surface area contributed by atoms with Crippen molar-refractivity contribution in [1.82, 2.24) is 19.7 Å². The number of nitrogens with zero attached hydrogens (tertiary/aromatic N) is 3. The Kier molecular flexibility index (Phi) is 4.88. The van der Waals surface area contributed by atoms with Gasteiger partial charge in [0.05, 0.1) is 12.8 Å². The van der Waals surface area contributed by atoms with Crippen LogP contribution in [0.3, 0.4) is 0 Å². The molecule has 1 N–H and O–H groups in total. The minimum atomic E-state index is -0.0918. The van der Waals surface area contributed by atoms with E-state index in [0.717, 1.165) is 80.4 Å². The molecule has 7 rings (SSSR count). The van der Waals surface area contributed by atoms with Gasteiger partial charge in [0.15, 0.2) is 11.5 Å². The normalized spacial score (nSPS) is 30.7. The number of fused-ring (bicyclic) bond motifs is 2. The number of likely N-dealkylation sites (tertiary alicyclic amines) is 1. The van der Waals surface area contributed by atoms with Gasteiger partial charge in [0.25, 0.3) is 5.91 Å². The topological polar surface area (TPSA) is 61.0 Å². The van der Waals surface area contributed by atoms with Gasteiger partial charge in [-0.2, -0.15) is 0 Å². The zero-order chi connectivity index (χ0) is 24.9. The number of carbonyl (C=O) groups excluding carboxylic acids is 1. The minimum Gasteiger partial charge on any atom is -0.493 e. The van der Waals surface area contributed by atoms with E-state index in [4.69, 9.17) is 9.47 Å². The second-order valence-corrected chi connectivity index (χ2v) is 11.9. The second kappa shape index (κ2) is 7.75. The number of likely N-dealkylation sites (N-methyl/N-ethyl adjacent to an activating group) is 1. The number of benzene rings is 1. The maximum atomic E-state index is 13.8. The fourth-order valence-electron chi connectivity index (χ4n) is 8.25. The molecule has 1 spiro atoms. The molecule has 4 atom stereocenters. The minimum absolute atomic E-state index is 0.0534. The Hall–Kier alpha value is -2.51. The Labute approximate surface area is 213 Å². The highest BCUT2D eigenvalue weighted by Gasteiger charge is 2.65. The number of ether oxygens (including phenoxy) is 2. The molecule has 2 saturated heterocycles. The number of hydrogen-bond donors (Lipinski definition) is 1. The van der Waals surface area contributed by atoms with E-state index in [2.05, 4.69) is 54.7 Å². The lowest BCUT2D eigenvalue weighted by atomic mass is 9.51. The summed E-state index contributed by atoms with van der Waals surface area (Å²) in [4.78, 5) is 24.5. The summed E-state index contributed by atoms with van der Waals surface area (Å²) in [5, 5.41) is 0. The lowest BCUT2D eigenvalue weighted by Gasteiger charge is -2.57. The number of aromatic amines is 1. The van der Waals surface area contributed by atoms with E-state index in [9.17, 15) is 4.79 Å². The highest BCUT2D eigenvalue weighted by atomic mass is 16.5. The van der Waals surface area contributed by atoms with Crippen LogP contribution in [-0.4, -0.2) is 84.6 Å². The van der Waals surface area contributed by atoms with Crippen molar-refractivity contribution in [1.29, 1.82) is 0 Å². The van der Waals surface area contributed by atoms with E-state index in [1.165, 1.54) is 16.7 Å². The number of nitrogens with one attached hydrogen (secondary N) is 1. The van der Waals surface area contributed by atoms with Crippen molar-refractivity contribution in [3.05, 3.63) is 45.8 Å². The van der Waals surface area contributed by atoms with Crippen LogP contribution in [0, 0.1) is 12.8 Å². The molecule has 36 heavy (non-hydrogen) atoms. The highest BCUT2D eigenvalue weighted by Crippen LogP contribution is 2.67. The van der Waals surface area contributed by atoms with Crippen molar-refractivity contribution in [2.75, 3.05) is 46.9 Å². The van der Waals surface area contributed by atoms with Crippen molar-refractivity contribution in [3.63, 3.8) is 0 Å². The number of hydrogen-bond acceptors (Lipinski definition) is 5. The first-order valence-electron chi connectivity index (χ1n) is 13.7. The first-order valence-corrected chi connectivity index (χ1v) is 13.7. The van der Waals surface area contributed by atoms with Gasteiger partial charge in [-0.3, -0.25) is 9.69 Å². The SMILES string of the molecule is COc1ccc2c3c1O[C@H]1c4[nH]c(C(=O)N5CCN(C(C)C)CC5)c(C)c4CC4[C@H](C2)N(C)CC[C@@]341. The predicted octanol–water partition coefficient (Wildman–Crippen LogP) is 3.30. The van der Waals surface area contributed by atoms with Crippen LogP contribution in [0.4, 0.5) is 0 Å². The molecular weight excluding hydrogens is 452 g/mol. The summed E-state index contributed by atoms with van der Waals surface area (Å²) in [6, 6.07) is 5.34. The van der Waals surface area contributed by atoms with Crippen LogP contribution in [0.25, 0.3) is 0 Å². The van der Waals surface area contributed by atoms with Gasteiger partial charge >= 0.3 is 0 Å². The summed E-state index contributed by atoms with van der Waals surface area (Å²) in [6.45, 7) is 11.1. The standard InChI is InChI=1S/C29H38N4O3/c1-16(2)32-10-12-33(13-11-32)28(34)24-17(3)19-15-20-21-14-18-6-7-22(35-5)26-23(18)29(20,8-9-31(21)4)27(36-26)25(19)30-24/h6-7,16,20-21,27,30H,8-15H2,1-5H3/t20?,21-,27-,29-/m0/s1. The first-order chi connectivity index (χ1) is 17.3. The van der Waals surface area contributed by atoms with E-state index in [-0.39, 0.29) is 17.4 Å². The van der Waals surface area contributed by atoms with Gasteiger partial charge in [0.2, 0.25) is 0 Å². The monoisotopic (exact) mass is 490 g/mol. The molecule has 192 valence electrons. The molecule has 1 amide bonds. The molecule has 4 heterocycles. The number of piperazine rings is 1. The molecule has 2 fully saturated rings. The summed E-state index contributed by atoms with van der Waals surface area (Å²) < 4.78 is 12.7. The van der Waals surface area contributed by atoms with Crippen molar-refractivity contribution < 1.29 is 14.3 Å². The summed E-state index contributed by atoms with van der Waals surface area (Å²) in [5.74, 6) is 2.38. The third kappa shape index (κ3) is 2.79. The average Bonchev–Trinajstić information content (AvgIpc) is 3.40. The first kappa shape index (κ1) is 22.7. The lowest BCUT2D eigenvalue weighted by Crippen LogP contribution is -2.62. The molecule has 1 aromatic heterocycles. The maximum Gasteiger partial charge on any atom is 0.270 e. The number of piperidine rings is 1. The molecule has 2 aliphatic carbocycles. The average molecular weight is 491 g/mol. The number of amides is 1. The molecule has 5 aliphatic rings. The third-order valence-corrected chi connectivity index (χ3v) is 10.2. The Morgan fingerprint density at radius 2 is 1.94 bits per heavy atom. The molecule has 0 radical (unpaired) electrons. The van der Waals surface area contributed by atoms with Gasteiger partial charge in [-0.1, -0.05) is 6.07 Å². The molecule has 1 unspecified atom stereocenters. The van der Waals surface area contributed by atoms with Crippen LogP contribution in [0.5, 0.6) is 11.5 Å². The molecule has 7 heteroatoms. The smallest absolute Gasteiger partial charge is 0.270 e. The van der Waals surface area contributed by atoms with Crippen LogP contribution in [-0.2, 0) is 18.3 Å². The highest BCUT2D eigenvalue weighted by molar-refractivity contribution is 5.94. The summed E-state index contributed by atoms with van der Waals surface area (Å²) in [5.41, 5.74) is 7.06. The quantitative estimate of drug-likeness (QED) is 0.716. The van der Waals surface area contributed by atoms with Crippen LogP contribution < -0.4 is 9.47 Å². The van der Waals surface area contributed by atoms with Crippen LogP contribution in [0.15, 0.2) is 12.1 Å². The van der Waals surface area contributed by atoms with Gasteiger partial charge < -0.3 is 24.3 Å². The Morgan fingerprint density at radius 3 is 2.67 bits per heavy atom. The number of methoxy groups -OCH3 is 1. The number of rotatable bonds is 3. The van der Waals surface area contributed by atoms with Crippen molar-refractivity contribution in [2.24, 2.45) is 5.92 Å². The van der Waals surface area contributed by atoms with Gasteiger partial charge in [-0.15, -0.1) is 0 Å². The van der Waals surface area contributed by atoms with Gasteiger partial charge in [-0.25, -0.2) is 0 Å². The van der Waals surface area contributed by atoms with E-state index in [1.807, 2.05) is 4.90 Å². The second-order valence-electron chi connectivity index (χ2n) is 11.9. The largest absolute Gasteiger partial charge is 0.493 e. The fraction of sp³-hybridized carbons (Fsp3) is 0.621.